The zero-order chi connectivity index (χ0) is 9.68. The number of nitrogen functional groups attached to an aromatic ring is 2. The van der Waals surface area contributed by atoms with Gasteiger partial charge in [0.05, 0.1) is 6.20 Å². The fourth-order valence-electron chi connectivity index (χ4n) is 0.698. The third-order valence-corrected chi connectivity index (χ3v) is 1.32. The Balaban J connectivity index is 2.81. The van der Waals surface area contributed by atoms with Crippen molar-refractivity contribution in [1.82, 2.24) is 9.97 Å². The predicted octanol–water partition coefficient (Wildman–Crippen LogP) is -0.659. The van der Waals surface area contributed by atoms with Crippen molar-refractivity contribution >= 4 is 11.6 Å². The van der Waals surface area contributed by atoms with Crippen LogP contribution < -0.4 is 17.2 Å². The Hall–Kier alpha value is -1.80. The van der Waals surface area contributed by atoms with Crippen LogP contribution in [-0.4, -0.2) is 16.5 Å². The molecule has 0 saturated carbocycles. The Kier molecular flexibility index (Phi) is 3.06. The van der Waals surface area contributed by atoms with Crippen LogP contribution in [0.2, 0.25) is 0 Å². The van der Waals surface area contributed by atoms with Gasteiger partial charge in [-0.15, -0.1) is 0 Å². The topological polar surface area (TPSA) is 104 Å². The third-order valence-electron chi connectivity index (χ3n) is 1.32. The minimum atomic E-state index is 0.208. The number of hydrogen-bond acceptors (Lipinski definition) is 5. The quantitative estimate of drug-likeness (QED) is 0.494. The molecular formula is C8H11N5. The van der Waals surface area contributed by atoms with Crippen molar-refractivity contribution in [3.05, 3.63) is 11.9 Å². The van der Waals surface area contributed by atoms with Gasteiger partial charge in [-0.2, -0.15) is 0 Å². The van der Waals surface area contributed by atoms with Gasteiger partial charge in [0.15, 0.2) is 11.6 Å². The highest BCUT2D eigenvalue weighted by Crippen LogP contribution is 2.05. The molecule has 1 rings (SSSR count). The summed E-state index contributed by atoms with van der Waals surface area (Å²) >= 11 is 0. The second-order valence-electron chi connectivity index (χ2n) is 2.37. The lowest BCUT2D eigenvalue weighted by molar-refractivity contribution is 1.03. The number of rotatable bonds is 1. The Labute approximate surface area is 76.3 Å². The Morgan fingerprint density at radius 2 is 2.08 bits per heavy atom. The summed E-state index contributed by atoms with van der Waals surface area (Å²) < 4.78 is 0. The minimum Gasteiger partial charge on any atom is -0.381 e. The number of anilines is 2. The largest absolute Gasteiger partial charge is 0.381 e. The second-order valence-corrected chi connectivity index (χ2v) is 2.37. The van der Waals surface area contributed by atoms with E-state index in [1.807, 2.05) is 0 Å². The molecule has 0 aromatic carbocycles. The molecule has 0 unspecified atom stereocenters. The minimum absolute atomic E-state index is 0.208. The summed E-state index contributed by atoms with van der Waals surface area (Å²) in [6.07, 6.45) is 2.11. The first-order valence-electron chi connectivity index (χ1n) is 3.81. The number of hydrogen-bond donors (Lipinski definition) is 3. The molecule has 68 valence electrons. The average Bonchev–Trinajstić information content (AvgIpc) is 2.12. The van der Waals surface area contributed by atoms with Crippen LogP contribution in [0.5, 0.6) is 0 Å². The van der Waals surface area contributed by atoms with E-state index in [0.717, 1.165) is 0 Å². The van der Waals surface area contributed by atoms with Crippen molar-refractivity contribution in [2.24, 2.45) is 5.73 Å². The molecule has 0 atom stereocenters. The van der Waals surface area contributed by atoms with Crippen molar-refractivity contribution in [1.29, 1.82) is 0 Å². The zero-order valence-corrected chi connectivity index (χ0v) is 7.12. The summed E-state index contributed by atoms with van der Waals surface area (Å²) in [7, 11) is 0. The average molecular weight is 177 g/mol. The lowest BCUT2D eigenvalue weighted by Gasteiger charge is -1.96. The lowest BCUT2D eigenvalue weighted by atomic mass is 10.4. The van der Waals surface area contributed by atoms with Crippen molar-refractivity contribution in [2.75, 3.05) is 18.0 Å². The van der Waals surface area contributed by atoms with Gasteiger partial charge in [-0.05, 0) is 5.92 Å². The summed E-state index contributed by atoms with van der Waals surface area (Å²) in [6.45, 7) is 0.533. The fourth-order valence-corrected chi connectivity index (χ4v) is 0.698. The van der Waals surface area contributed by atoms with E-state index in [2.05, 4.69) is 21.8 Å². The van der Waals surface area contributed by atoms with Crippen LogP contribution in [0.3, 0.4) is 0 Å². The highest BCUT2D eigenvalue weighted by atomic mass is 15.0. The van der Waals surface area contributed by atoms with Gasteiger partial charge in [-0.3, -0.25) is 0 Å². The Morgan fingerprint density at radius 3 is 2.69 bits per heavy atom. The molecular weight excluding hydrogens is 166 g/mol. The van der Waals surface area contributed by atoms with Gasteiger partial charge in [-0.1, -0.05) is 5.92 Å². The van der Waals surface area contributed by atoms with Crippen LogP contribution in [0, 0.1) is 11.8 Å². The number of nitrogens with two attached hydrogens (primary N) is 3. The highest BCUT2D eigenvalue weighted by molar-refractivity contribution is 5.52. The van der Waals surface area contributed by atoms with E-state index in [4.69, 9.17) is 17.2 Å². The molecule has 0 bridgehead atoms. The summed E-state index contributed by atoms with van der Waals surface area (Å²) in [5.74, 6) is 6.03. The van der Waals surface area contributed by atoms with Gasteiger partial charge in [-0.25, -0.2) is 9.97 Å². The molecule has 0 spiro atoms. The summed E-state index contributed by atoms with van der Waals surface area (Å²) in [4.78, 5) is 7.73. The van der Waals surface area contributed by atoms with Crippen molar-refractivity contribution < 1.29 is 0 Å². The van der Waals surface area contributed by atoms with Gasteiger partial charge < -0.3 is 17.2 Å². The van der Waals surface area contributed by atoms with Gasteiger partial charge in [0.1, 0.15) is 5.69 Å². The van der Waals surface area contributed by atoms with Gasteiger partial charge >= 0.3 is 0 Å². The molecule has 1 aromatic heterocycles. The molecule has 0 amide bonds. The highest BCUT2D eigenvalue weighted by Gasteiger charge is 1.96. The van der Waals surface area contributed by atoms with Crippen LogP contribution in [0.1, 0.15) is 12.1 Å². The van der Waals surface area contributed by atoms with Gasteiger partial charge in [0.2, 0.25) is 0 Å². The van der Waals surface area contributed by atoms with Gasteiger partial charge in [0, 0.05) is 13.0 Å². The Morgan fingerprint density at radius 1 is 1.31 bits per heavy atom. The number of aromatic nitrogens is 2. The maximum absolute atomic E-state index is 5.43. The maximum Gasteiger partial charge on any atom is 0.167 e. The standard InChI is InChI=1S/C8H11N5/c9-4-2-1-3-6-5-12-7(10)8(11)13-6/h5H,2,4,9H2,(H2,10,12)(H2,11,13). The van der Waals surface area contributed by atoms with Gasteiger partial charge in [0.25, 0.3) is 0 Å². The fraction of sp³-hybridized carbons (Fsp3) is 0.250. The van der Waals surface area contributed by atoms with Crippen LogP contribution >= 0.6 is 0 Å². The number of nitrogens with zero attached hydrogens (tertiary/aromatic N) is 2. The molecule has 0 saturated heterocycles. The molecule has 1 heterocycles. The van der Waals surface area contributed by atoms with Crippen molar-refractivity contribution in [3.63, 3.8) is 0 Å². The Bertz CT molecular complexity index is 349. The molecule has 5 nitrogen and oxygen atoms in total. The molecule has 0 radical (unpaired) electrons. The first-order valence-corrected chi connectivity index (χ1v) is 3.81. The summed E-state index contributed by atoms with van der Waals surface area (Å²) in [6, 6.07) is 0. The van der Waals surface area contributed by atoms with Crippen LogP contribution in [0.4, 0.5) is 11.6 Å². The van der Waals surface area contributed by atoms with Crippen molar-refractivity contribution in [3.8, 4) is 11.8 Å². The SMILES string of the molecule is NCCC#Cc1cnc(N)c(N)n1. The summed E-state index contributed by atoms with van der Waals surface area (Å²) in [5, 5.41) is 0. The molecule has 0 aliphatic rings. The first-order chi connectivity index (χ1) is 6.24. The van der Waals surface area contributed by atoms with E-state index in [9.17, 15) is 0 Å². The lowest BCUT2D eigenvalue weighted by Crippen LogP contribution is -2.01. The first kappa shape index (κ1) is 9.29. The smallest absolute Gasteiger partial charge is 0.167 e. The zero-order valence-electron chi connectivity index (χ0n) is 7.12. The molecule has 0 fully saturated rings. The molecule has 1 aromatic rings. The van der Waals surface area contributed by atoms with E-state index in [1.165, 1.54) is 6.20 Å². The van der Waals surface area contributed by atoms with Crippen LogP contribution in [0.25, 0.3) is 0 Å². The van der Waals surface area contributed by atoms with E-state index >= 15 is 0 Å². The maximum atomic E-state index is 5.43. The molecule has 13 heavy (non-hydrogen) atoms. The molecule has 6 N–H and O–H groups in total. The van der Waals surface area contributed by atoms with E-state index in [0.29, 0.717) is 18.7 Å². The normalized spacial score (nSPS) is 9.00. The molecule has 5 heteroatoms. The predicted molar refractivity (Wildman–Crippen MR) is 51.4 cm³/mol. The summed E-state index contributed by atoms with van der Waals surface area (Å²) in [5.41, 5.74) is 16.6. The van der Waals surface area contributed by atoms with E-state index in [1.54, 1.807) is 0 Å². The molecule has 0 aliphatic carbocycles. The van der Waals surface area contributed by atoms with Crippen LogP contribution in [-0.2, 0) is 0 Å². The monoisotopic (exact) mass is 177 g/mol. The van der Waals surface area contributed by atoms with E-state index in [-0.39, 0.29) is 11.6 Å². The van der Waals surface area contributed by atoms with Crippen molar-refractivity contribution in [2.45, 2.75) is 6.42 Å². The van der Waals surface area contributed by atoms with E-state index < -0.39 is 0 Å². The molecule has 0 aliphatic heterocycles. The third kappa shape index (κ3) is 2.61. The second kappa shape index (κ2) is 4.28. The van der Waals surface area contributed by atoms with Crippen LogP contribution in [0.15, 0.2) is 6.20 Å².